The van der Waals surface area contributed by atoms with Crippen LogP contribution in [0.25, 0.3) is 0 Å². The fourth-order valence-electron chi connectivity index (χ4n) is 6.42. The van der Waals surface area contributed by atoms with Gasteiger partial charge < -0.3 is 29.7 Å². The van der Waals surface area contributed by atoms with Crippen molar-refractivity contribution in [3.63, 3.8) is 0 Å². The lowest BCUT2D eigenvalue weighted by Crippen LogP contribution is -2.58. The van der Waals surface area contributed by atoms with Crippen LogP contribution in [0.1, 0.15) is 65.7 Å². The minimum absolute atomic E-state index is 0.114. The summed E-state index contributed by atoms with van der Waals surface area (Å²) in [5, 5.41) is 11.9. The Hall–Kier alpha value is -2.24. The van der Waals surface area contributed by atoms with Crippen molar-refractivity contribution in [2.45, 2.75) is 100 Å². The molecule has 10 nitrogen and oxygen atoms in total. The highest BCUT2D eigenvalue weighted by atomic mass is 79.9. The number of amides is 3. The summed E-state index contributed by atoms with van der Waals surface area (Å²) in [6.07, 6.45) is 6.35. The molecule has 41 heavy (non-hydrogen) atoms. The number of hydrogen-bond acceptors (Lipinski definition) is 7. The maximum absolute atomic E-state index is 14.2. The molecule has 3 rings (SSSR count). The molecule has 1 spiro atoms. The summed E-state index contributed by atoms with van der Waals surface area (Å²) in [7, 11) is 0. The van der Waals surface area contributed by atoms with Crippen molar-refractivity contribution >= 4 is 39.6 Å². The van der Waals surface area contributed by atoms with Crippen LogP contribution < -0.4 is 5.32 Å². The fourth-order valence-corrected chi connectivity index (χ4v) is 7.36. The number of aliphatic hydroxyl groups is 1. The van der Waals surface area contributed by atoms with Crippen LogP contribution in [0.15, 0.2) is 25.3 Å². The van der Waals surface area contributed by atoms with Gasteiger partial charge in [-0.15, -0.1) is 13.2 Å². The van der Waals surface area contributed by atoms with Crippen LogP contribution in [0.5, 0.6) is 0 Å². The number of unbranched alkanes of at least 4 members (excludes halogenated alkanes) is 3. The molecule has 7 atom stereocenters. The molecule has 0 aromatic rings. The standard InChI is InChI=1S/C30H46BrN3O7/c1-6-8-13-22(36)32-18-20(5)40-29(39)23-24-27(37)34(15-11-9-10-12-16-35)26(28(38)33(14-7-2)19(3)4)30(24)17-21(31)25(23)41-30/h6-7,19-21,23-26,35H,1-2,8-18H2,3-5H3,(H,32,36)/t20-,21?,23+,24-,25+,26+,30-/m0/s1. The van der Waals surface area contributed by atoms with Gasteiger partial charge in [0.05, 0.1) is 24.5 Å². The predicted molar refractivity (Wildman–Crippen MR) is 158 cm³/mol. The second-order valence-electron chi connectivity index (χ2n) is 11.6. The van der Waals surface area contributed by atoms with E-state index in [0.29, 0.717) is 45.2 Å². The lowest BCUT2D eigenvalue weighted by atomic mass is 9.70. The molecule has 0 aliphatic carbocycles. The average molecular weight is 641 g/mol. The van der Waals surface area contributed by atoms with E-state index in [9.17, 15) is 19.2 Å². The lowest BCUT2D eigenvalue weighted by molar-refractivity contribution is -0.159. The average Bonchev–Trinajstić information content (AvgIpc) is 3.52. The van der Waals surface area contributed by atoms with Gasteiger partial charge in [-0.1, -0.05) is 40.9 Å². The summed E-state index contributed by atoms with van der Waals surface area (Å²) in [5.74, 6) is -2.91. The molecule has 0 aromatic heterocycles. The molecule has 11 heteroatoms. The molecule has 3 saturated heterocycles. The fraction of sp³-hybridized carbons (Fsp3) is 0.733. The molecule has 0 radical (unpaired) electrons. The van der Waals surface area contributed by atoms with Gasteiger partial charge in [0, 0.05) is 37.0 Å². The molecule has 1 unspecified atom stereocenters. The minimum atomic E-state index is -1.15. The van der Waals surface area contributed by atoms with E-state index in [1.165, 1.54) is 0 Å². The van der Waals surface area contributed by atoms with E-state index in [-0.39, 0.29) is 41.7 Å². The predicted octanol–water partition coefficient (Wildman–Crippen LogP) is 2.72. The molecule has 3 aliphatic rings. The van der Waals surface area contributed by atoms with E-state index in [1.807, 2.05) is 13.8 Å². The molecular formula is C30H46BrN3O7. The van der Waals surface area contributed by atoms with Crippen LogP contribution in [0.3, 0.4) is 0 Å². The highest BCUT2D eigenvalue weighted by Gasteiger charge is 2.77. The third-order valence-corrected chi connectivity index (χ3v) is 9.16. The van der Waals surface area contributed by atoms with Crippen molar-refractivity contribution < 1.29 is 33.8 Å². The number of rotatable bonds is 17. The van der Waals surface area contributed by atoms with E-state index in [4.69, 9.17) is 14.6 Å². The van der Waals surface area contributed by atoms with Crippen molar-refractivity contribution in [1.29, 1.82) is 0 Å². The highest BCUT2D eigenvalue weighted by molar-refractivity contribution is 9.09. The summed E-state index contributed by atoms with van der Waals surface area (Å²) < 4.78 is 12.3. The number of allylic oxidation sites excluding steroid dienone is 1. The zero-order valence-corrected chi connectivity index (χ0v) is 26.1. The van der Waals surface area contributed by atoms with Gasteiger partial charge in [0.25, 0.3) is 0 Å². The first kappa shape index (κ1) is 33.3. The summed E-state index contributed by atoms with van der Waals surface area (Å²) in [6.45, 7) is 13.9. The Morgan fingerprint density at radius 2 is 1.93 bits per heavy atom. The topological polar surface area (TPSA) is 125 Å². The number of alkyl halides is 1. The molecule has 0 saturated carbocycles. The second kappa shape index (κ2) is 14.8. The highest BCUT2D eigenvalue weighted by Crippen LogP contribution is 2.60. The van der Waals surface area contributed by atoms with Gasteiger partial charge in [-0.3, -0.25) is 19.2 Å². The van der Waals surface area contributed by atoms with Crippen LogP contribution in [0.4, 0.5) is 0 Å². The summed E-state index contributed by atoms with van der Waals surface area (Å²) in [6, 6.07) is -0.997. The zero-order chi connectivity index (χ0) is 30.3. The van der Waals surface area contributed by atoms with Crippen LogP contribution in [0, 0.1) is 11.8 Å². The maximum Gasteiger partial charge on any atom is 0.312 e. The summed E-state index contributed by atoms with van der Waals surface area (Å²) in [4.78, 5) is 57.0. The molecule has 3 fully saturated rings. The number of ether oxygens (including phenoxy) is 2. The number of likely N-dealkylation sites (tertiary alicyclic amines) is 1. The van der Waals surface area contributed by atoms with Crippen molar-refractivity contribution in [2.24, 2.45) is 11.8 Å². The number of hydrogen-bond donors (Lipinski definition) is 2. The van der Waals surface area contributed by atoms with E-state index >= 15 is 0 Å². The molecule has 3 amide bonds. The second-order valence-corrected chi connectivity index (χ2v) is 12.8. The summed E-state index contributed by atoms with van der Waals surface area (Å²) in [5.41, 5.74) is -1.15. The van der Waals surface area contributed by atoms with Gasteiger partial charge in [0.15, 0.2) is 0 Å². The normalized spacial score (nSPS) is 28.9. The van der Waals surface area contributed by atoms with Crippen molar-refractivity contribution in [2.75, 3.05) is 26.2 Å². The molecule has 230 valence electrons. The monoisotopic (exact) mass is 639 g/mol. The molecule has 3 heterocycles. The number of fused-ring (bicyclic) bond motifs is 1. The van der Waals surface area contributed by atoms with Gasteiger partial charge >= 0.3 is 5.97 Å². The minimum Gasteiger partial charge on any atom is -0.460 e. The van der Waals surface area contributed by atoms with E-state index in [2.05, 4.69) is 34.4 Å². The van der Waals surface area contributed by atoms with Crippen LogP contribution in [-0.2, 0) is 28.7 Å². The Labute approximate surface area is 252 Å². The van der Waals surface area contributed by atoms with Gasteiger partial charge in [0.2, 0.25) is 17.7 Å². The number of halogens is 1. The van der Waals surface area contributed by atoms with Gasteiger partial charge in [-0.25, -0.2) is 0 Å². The Balaban J connectivity index is 1.85. The van der Waals surface area contributed by atoms with E-state index in [1.54, 1.807) is 28.9 Å². The Kier molecular flexibility index (Phi) is 12.0. The number of carbonyl (C=O) groups excluding carboxylic acids is 4. The largest absolute Gasteiger partial charge is 0.460 e. The van der Waals surface area contributed by atoms with E-state index in [0.717, 1.165) is 12.8 Å². The third kappa shape index (κ3) is 7.05. The number of nitrogens with one attached hydrogen (secondary N) is 1. The van der Waals surface area contributed by atoms with Crippen molar-refractivity contribution in [3.05, 3.63) is 25.3 Å². The first-order valence-electron chi connectivity index (χ1n) is 14.8. The summed E-state index contributed by atoms with van der Waals surface area (Å²) >= 11 is 3.68. The molecule has 2 N–H and O–H groups in total. The number of esters is 1. The molecule has 3 aliphatic heterocycles. The Morgan fingerprint density at radius 3 is 2.56 bits per heavy atom. The van der Waals surface area contributed by atoms with Crippen LogP contribution in [0.2, 0.25) is 0 Å². The van der Waals surface area contributed by atoms with Gasteiger partial charge in [-0.05, 0) is 46.5 Å². The SMILES string of the molecule is C=CCCC(=O)NC[C@H](C)OC(=O)[C@H]1[C@@H]2O[C@@]3(CC2Br)[C@@H]1C(=O)N(CCCCCCO)[C@@H]3C(=O)N(CC=C)C(C)C. The molecule has 0 aromatic carbocycles. The van der Waals surface area contributed by atoms with Gasteiger partial charge in [-0.2, -0.15) is 0 Å². The molecular weight excluding hydrogens is 594 g/mol. The first-order chi connectivity index (χ1) is 19.5. The van der Waals surface area contributed by atoms with Crippen molar-refractivity contribution in [1.82, 2.24) is 15.1 Å². The third-order valence-electron chi connectivity index (χ3n) is 8.31. The van der Waals surface area contributed by atoms with Gasteiger partial charge in [0.1, 0.15) is 17.7 Å². The zero-order valence-electron chi connectivity index (χ0n) is 24.6. The molecule has 2 bridgehead atoms. The number of carbonyl (C=O) groups is 4. The van der Waals surface area contributed by atoms with E-state index < -0.39 is 41.7 Å². The Bertz CT molecular complexity index is 991. The smallest absolute Gasteiger partial charge is 0.312 e. The Morgan fingerprint density at radius 1 is 1.22 bits per heavy atom. The maximum atomic E-state index is 14.2. The van der Waals surface area contributed by atoms with Crippen LogP contribution in [-0.4, -0.2) is 99.6 Å². The number of aliphatic hydroxyl groups excluding tert-OH is 1. The quantitative estimate of drug-likeness (QED) is 0.108. The first-order valence-corrected chi connectivity index (χ1v) is 15.7. The lowest BCUT2D eigenvalue weighted by Gasteiger charge is -2.38. The van der Waals surface area contributed by atoms with Crippen molar-refractivity contribution in [3.8, 4) is 0 Å². The van der Waals surface area contributed by atoms with Crippen LogP contribution >= 0.6 is 15.9 Å². The number of nitrogens with zero attached hydrogens (tertiary/aromatic N) is 2.